The second-order valence-electron chi connectivity index (χ2n) is 8.86. The van der Waals surface area contributed by atoms with Gasteiger partial charge in [-0.15, -0.1) is 0 Å². The SMILES string of the molecule is COC1=C(C2CCCC(C3=C(OC)C(=O)c4ccccc4C3=O)C2)C(=O)c2ccccc2C1=O. The number of ketones is 4. The summed E-state index contributed by atoms with van der Waals surface area (Å²) in [6, 6.07) is 13.5. The lowest BCUT2D eigenvalue weighted by atomic mass is 9.69. The van der Waals surface area contributed by atoms with Crippen LogP contribution in [0.15, 0.2) is 71.2 Å². The van der Waals surface area contributed by atoms with E-state index in [1.54, 1.807) is 48.5 Å². The van der Waals surface area contributed by atoms with Crippen LogP contribution >= 0.6 is 0 Å². The number of fused-ring (bicyclic) bond motifs is 2. The van der Waals surface area contributed by atoms with Crippen LogP contribution < -0.4 is 0 Å². The Hall–Kier alpha value is -3.80. The molecule has 0 aliphatic heterocycles. The van der Waals surface area contributed by atoms with Crippen LogP contribution in [0.2, 0.25) is 0 Å². The van der Waals surface area contributed by atoms with Crippen LogP contribution in [0.25, 0.3) is 0 Å². The first-order chi connectivity index (χ1) is 16.5. The number of hydrogen-bond donors (Lipinski definition) is 0. The van der Waals surface area contributed by atoms with Gasteiger partial charge in [-0.1, -0.05) is 55.0 Å². The molecule has 0 bridgehead atoms. The molecule has 0 amide bonds. The summed E-state index contributed by atoms with van der Waals surface area (Å²) in [5.74, 6) is -1.43. The van der Waals surface area contributed by atoms with Crippen molar-refractivity contribution in [3.05, 3.63) is 93.4 Å². The third kappa shape index (κ3) is 3.24. The van der Waals surface area contributed by atoms with Gasteiger partial charge in [-0.05, 0) is 31.1 Å². The number of carbonyl (C=O) groups is 4. The minimum Gasteiger partial charge on any atom is -0.492 e. The Bertz CT molecular complexity index is 1210. The van der Waals surface area contributed by atoms with Crippen molar-refractivity contribution < 1.29 is 28.7 Å². The lowest BCUT2D eigenvalue weighted by Gasteiger charge is -2.34. The van der Waals surface area contributed by atoms with Gasteiger partial charge < -0.3 is 9.47 Å². The molecule has 0 radical (unpaired) electrons. The Kier molecular flexibility index (Phi) is 5.52. The molecular formula is C28H24O6. The van der Waals surface area contributed by atoms with E-state index in [4.69, 9.17) is 9.47 Å². The average Bonchev–Trinajstić information content (AvgIpc) is 2.88. The van der Waals surface area contributed by atoms with Gasteiger partial charge in [-0.3, -0.25) is 19.2 Å². The Balaban J connectivity index is 1.55. The van der Waals surface area contributed by atoms with Crippen LogP contribution in [0.3, 0.4) is 0 Å². The van der Waals surface area contributed by atoms with E-state index in [0.717, 1.165) is 6.42 Å². The number of methoxy groups -OCH3 is 2. The molecule has 0 spiro atoms. The molecule has 0 heterocycles. The van der Waals surface area contributed by atoms with Gasteiger partial charge in [0.15, 0.2) is 23.1 Å². The van der Waals surface area contributed by atoms with Gasteiger partial charge in [0.1, 0.15) is 0 Å². The van der Waals surface area contributed by atoms with Crippen LogP contribution in [0.4, 0.5) is 0 Å². The quantitative estimate of drug-likeness (QED) is 0.660. The van der Waals surface area contributed by atoms with Crippen molar-refractivity contribution in [1.82, 2.24) is 0 Å². The van der Waals surface area contributed by atoms with E-state index >= 15 is 0 Å². The van der Waals surface area contributed by atoms with E-state index in [1.165, 1.54) is 14.2 Å². The molecule has 2 unspecified atom stereocenters. The Morgan fingerprint density at radius 1 is 0.588 bits per heavy atom. The van der Waals surface area contributed by atoms with Gasteiger partial charge in [0.25, 0.3) is 0 Å². The van der Waals surface area contributed by atoms with E-state index in [-0.39, 0.29) is 46.5 Å². The fourth-order valence-electron chi connectivity index (χ4n) is 5.60. The highest BCUT2D eigenvalue weighted by Gasteiger charge is 2.42. The Morgan fingerprint density at radius 3 is 1.29 bits per heavy atom. The van der Waals surface area contributed by atoms with Crippen LogP contribution in [-0.2, 0) is 9.47 Å². The van der Waals surface area contributed by atoms with Gasteiger partial charge in [0.05, 0.1) is 14.2 Å². The molecule has 0 saturated heterocycles. The average molecular weight is 456 g/mol. The number of ether oxygens (including phenoxy) is 2. The van der Waals surface area contributed by atoms with Crippen molar-refractivity contribution in [2.75, 3.05) is 14.2 Å². The van der Waals surface area contributed by atoms with Crippen molar-refractivity contribution >= 4 is 23.1 Å². The van der Waals surface area contributed by atoms with Crippen LogP contribution in [0, 0.1) is 11.8 Å². The summed E-state index contributed by atoms with van der Waals surface area (Å²) >= 11 is 0. The van der Waals surface area contributed by atoms with Gasteiger partial charge in [0.2, 0.25) is 11.6 Å². The highest BCUT2D eigenvalue weighted by molar-refractivity contribution is 6.27. The fourth-order valence-corrected chi connectivity index (χ4v) is 5.60. The Labute approximate surface area is 197 Å². The molecule has 1 fully saturated rings. The molecule has 1 saturated carbocycles. The zero-order valence-electron chi connectivity index (χ0n) is 19.1. The number of Topliss-reactive ketones (excluding diaryl/α,β-unsaturated/α-hetero) is 4. The highest BCUT2D eigenvalue weighted by Crippen LogP contribution is 2.44. The second-order valence-corrected chi connectivity index (χ2v) is 8.86. The fraction of sp³-hybridized carbons (Fsp3) is 0.286. The number of carbonyl (C=O) groups excluding carboxylic acids is 4. The summed E-state index contributed by atoms with van der Waals surface area (Å²) < 4.78 is 10.9. The van der Waals surface area contributed by atoms with Gasteiger partial charge in [-0.25, -0.2) is 0 Å². The van der Waals surface area contributed by atoms with Gasteiger partial charge >= 0.3 is 0 Å². The lowest BCUT2D eigenvalue weighted by molar-refractivity contribution is 0.0874. The summed E-state index contributed by atoms with van der Waals surface area (Å²) in [7, 11) is 2.81. The van der Waals surface area contributed by atoms with Crippen molar-refractivity contribution in [2.45, 2.75) is 25.7 Å². The molecule has 6 heteroatoms. The molecule has 0 N–H and O–H groups in total. The van der Waals surface area contributed by atoms with Gasteiger partial charge in [-0.2, -0.15) is 0 Å². The maximum Gasteiger partial charge on any atom is 0.228 e. The minimum atomic E-state index is -0.301. The molecular weight excluding hydrogens is 432 g/mol. The highest BCUT2D eigenvalue weighted by atomic mass is 16.5. The standard InChI is InChI=1S/C28H24O6/c1-33-27-21(23(29)17-10-3-5-12-19(17)25(27)31)15-8-7-9-16(14-15)22-24(30)18-11-4-6-13-20(18)26(32)28(22)34-2/h3-6,10-13,15-16H,7-9,14H2,1-2H3. The van der Waals surface area contributed by atoms with Crippen LogP contribution in [-0.4, -0.2) is 37.4 Å². The molecule has 3 aliphatic carbocycles. The predicted octanol–water partition coefficient (Wildman–Crippen LogP) is 4.75. The van der Waals surface area contributed by atoms with Crippen molar-refractivity contribution in [2.24, 2.45) is 11.8 Å². The zero-order chi connectivity index (χ0) is 24.0. The molecule has 3 aliphatic rings. The van der Waals surface area contributed by atoms with Crippen LogP contribution in [0.5, 0.6) is 0 Å². The minimum absolute atomic E-state index is 0.0756. The van der Waals surface area contributed by atoms with Crippen molar-refractivity contribution in [3.63, 3.8) is 0 Å². The smallest absolute Gasteiger partial charge is 0.228 e. The normalized spacial score (nSPS) is 22.5. The zero-order valence-corrected chi connectivity index (χ0v) is 19.1. The third-order valence-corrected chi connectivity index (χ3v) is 7.12. The molecule has 2 atom stereocenters. The van der Waals surface area contributed by atoms with E-state index < -0.39 is 0 Å². The monoisotopic (exact) mass is 456 g/mol. The summed E-state index contributed by atoms with van der Waals surface area (Å²) in [6.45, 7) is 0. The number of benzene rings is 2. The van der Waals surface area contributed by atoms with Crippen molar-refractivity contribution in [3.8, 4) is 0 Å². The Morgan fingerprint density at radius 2 is 0.941 bits per heavy atom. The first-order valence-corrected chi connectivity index (χ1v) is 11.4. The predicted molar refractivity (Wildman–Crippen MR) is 124 cm³/mol. The largest absolute Gasteiger partial charge is 0.492 e. The molecule has 172 valence electrons. The summed E-state index contributed by atoms with van der Waals surface area (Å²) in [6.07, 6.45) is 2.57. The van der Waals surface area contributed by atoms with Crippen LogP contribution in [0.1, 0.15) is 67.1 Å². The summed E-state index contributed by atoms with van der Waals surface area (Å²) in [4.78, 5) is 53.1. The molecule has 0 aromatic heterocycles. The van der Waals surface area contributed by atoms with E-state index in [2.05, 4.69) is 0 Å². The topological polar surface area (TPSA) is 86.7 Å². The second kappa shape index (κ2) is 8.52. The summed E-state index contributed by atoms with van der Waals surface area (Å²) in [5, 5.41) is 0. The lowest BCUT2D eigenvalue weighted by Crippen LogP contribution is -2.33. The summed E-state index contributed by atoms with van der Waals surface area (Å²) in [5.41, 5.74) is 2.17. The number of allylic oxidation sites excluding steroid dienone is 4. The third-order valence-electron chi connectivity index (χ3n) is 7.12. The molecule has 6 nitrogen and oxygen atoms in total. The number of hydrogen-bond acceptors (Lipinski definition) is 6. The van der Waals surface area contributed by atoms with E-state index in [9.17, 15) is 19.2 Å². The van der Waals surface area contributed by atoms with Gasteiger partial charge in [0, 0.05) is 33.4 Å². The maximum atomic E-state index is 13.5. The first-order valence-electron chi connectivity index (χ1n) is 11.4. The molecule has 2 aromatic rings. The molecule has 34 heavy (non-hydrogen) atoms. The van der Waals surface area contributed by atoms with E-state index in [0.29, 0.717) is 52.7 Å². The maximum absolute atomic E-state index is 13.5. The number of rotatable bonds is 4. The van der Waals surface area contributed by atoms with E-state index in [1.807, 2.05) is 0 Å². The van der Waals surface area contributed by atoms with Crippen molar-refractivity contribution in [1.29, 1.82) is 0 Å². The molecule has 2 aromatic carbocycles. The molecule has 5 rings (SSSR count). The first kappa shape index (κ1) is 22.0.